The lowest BCUT2D eigenvalue weighted by Gasteiger charge is -2.11. The second kappa shape index (κ2) is 4.25. The van der Waals surface area contributed by atoms with Gasteiger partial charge in [0, 0.05) is 11.8 Å². The highest BCUT2D eigenvalue weighted by Crippen LogP contribution is 2.31. The zero-order valence-electron chi connectivity index (χ0n) is 9.34. The highest BCUT2D eigenvalue weighted by Gasteiger charge is 2.16. The van der Waals surface area contributed by atoms with Crippen molar-refractivity contribution in [2.45, 2.75) is 6.92 Å². The molecule has 0 unspecified atom stereocenters. The second-order valence-corrected chi connectivity index (χ2v) is 3.77. The summed E-state index contributed by atoms with van der Waals surface area (Å²) in [4.78, 5) is 15.0. The van der Waals surface area contributed by atoms with Crippen molar-refractivity contribution in [3.05, 3.63) is 47.8 Å². The van der Waals surface area contributed by atoms with Crippen molar-refractivity contribution in [3.8, 4) is 11.1 Å². The quantitative estimate of drug-likeness (QED) is 0.827. The minimum absolute atomic E-state index is 0.124. The number of nitrogen functional groups attached to an aromatic ring is 1. The number of benzene rings is 1. The van der Waals surface area contributed by atoms with Crippen molar-refractivity contribution in [2.75, 3.05) is 5.73 Å². The summed E-state index contributed by atoms with van der Waals surface area (Å²) in [6, 6.07) is 7.53. The van der Waals surface area contributed by atoms with Crippen LogP contribution in [0, 0.1) is 6.92 Å². The lowest BCUT2D eigenvalue weighted by molar-refractivity contribution is 0.0697. The molecule has 0 aliphatic carbocycles. The van der Waals surface area contributed by atoms with Gasteiger partial charge in [-0.05, 0) is 18.1 Å². The predicted molar refractivity (Wildman–Crippen MR) is 65.8 cm³/mol. The van der Waals surface area contributed by atoms with Crippen LogP contribution in [0.5, 0.6) is 0 Å². The Hall–Kier alpha value is -2.36. The number of carboxylic acid groups (broad SMARTS) is 1. The molecule has 4 heteroatoms. The molecular formula is C13H12N2O2. The van der Waals surface area contributed by atoms with Crippen LogP contribution in [-0.2, 0) is 0 Å². The third kappa shape index (κ3) is 1.97. The largest absolute Gasteiger partial charge is 0.478 e. The van der Waals surface area contributed by atoms with Gasteiger partial charge < -0.3 is 10.8 Å². The molecule has 3 N–H and O–H groups in total. The first-order chi connectivity index (χ1) is 8.11. The first kappa shape index (κ1) is 11.1. The molecule has 86 valence electrons. The molecule has 1 aromatic heterocycles. The molecule has 0 fully saturated rings. The number of carbonyl (C=O) groups is 1. The number of anilines is 1. The molecule has 0 saturated heterocycles. The maximum atomic E-state index is 11.2. The van der Waals surface area contributed by atoms with Gasteiger partial charge >= 0.3 is 5.97 Å². The fraction of sp³-hybridized carbons (Fsp3) is 0.0769. The minimum atomic E-state index is -1.02. The number of hydrogen-bond acceptors (Lipinski definition) is 3. The molecule has 0 aliphatic rings. The Kier molecular flexibility index (Phi) is 2.78. The fourth-order valence-corrected chi connectivity index (χ4v) is 1.79. The number of aromatic nitrogens is 1. The van der Waals surface area contributed by atoms with Crippen molar-refractivity contribution in [2.24, 2.45) is 0 Å². The number of aromatic carboxylic acids is 1. The summed E-state index contributed by atoms with van der Waals surface area (Å²) < 4.78 is 0. The Bertz CT molecular complexity index is 579. The zero-order chi connectivity index (χ0) is 12.4. The summed E-state index contributed by atoms with van der Waals surface area (Å²) in [5.74, 6) is -1.02. The van der Waals surface area contributed by atoms with Crippen LogP contribution >= 0.6 is 0 Å². The first-order valence-electron chi connectivity index (χ1n) is 5.14. The van der Waals surface area contributed by atoms with Crippen molar-refractivity contribution < 1.29 is 9.90 Å². The van der Waals surface area contributed by atoms with Crippen molar-refractivity contribution in [3.63, 3.8) is 0 Å². The third-order valence-corrected chi connectivity index (χ3v) is 2.62. The van der Waals surface area contributed by atoms with Gasteiger partial charge in [-0.15, -0.1) is 0 Å². The zero-order valence-corrected chi connectivity index (χ0v) is 9.34. The Morgan fingerprint density at radius 3 is 2.65 bits per heavy atom. The van der Waals surface area contributed by atoms with Gasteiger partial charge in [0.25, 0.3) is 0 Å². The molecule has 2 rings (SSSR count). The summed E-state index contributed by atoms with van der Waals surface area (Å²) in [5, 5.41) is 9.15. The van der Waals surface area contributed by atoms with Gasteiger partial charge in [-0.2, -0.15) is 0 Å². The smallest absolute Gasteiger partial charge is 0.337 e. The molecule has 1 aromatic carbocycles. The molecule has 4 nitrogen and oxygen atoms in total. The molecule has 0 spiro atoms. The molecule has 0 radical (unpaired) electrons. The number of rotatable bonds is 2. The second-order valence-electron chi connectivity index (χ2n) is 3.77. The van der Waals surface area contributed by atoms with E-state index in [-0.39, 0.29) is 5.56 Å². The number of carboxylic acids is 1. The summed E-state index contributed by atoms with van der Waals surface area (Å²) in [5.41, 5.74) is 8.67. The normalized spacial score (nSPS) is 10.2. The van der Waals surface area contributed by atoms with Crippen LogP contribution < -0.4 is 5.73 Å². The number of nitrogens with zero attached hydrogens (tertiary/aromatic N) is 1. The molecule has 17 heavy (non-hydrogen) atoms. The van der Waals surface area contributed by atoms with Gasteiger partial charge in [0.05, 0.1) is 17.4 Å². The molecule has 0 aliphatic heterocycles. The fourth-order valence-electron chi connectivity index (χ4n) is 1.79. The third-order valence-electron chi connectivity index (χ3n) is 2.62. The van der Waals surface area contributed by atoms with Crippen LogP contribution in [0.25, 0.3) is 11.1 Å². The van der Waals surface area contributed by atoms with Crippen LogP contribution in [0.1, 0.15) is 15.9 Å². The Morgan fingerprint density at radius 1 is 1.29 bits per heavy atom. The maximum Gasteiger partial charge on any atom is 0.337 e. The number of aryl methyl sites for hydroxylation is 1. The van der Waals surface area contributed by atoms with Crippen LogP contribution in [0.2, 0.25) is 0 Å². The van der Waals surface area contributed by atoms with E-state index in [2.05, 4.69) is 4.98 Å². The summed E-state index contributed by atoms with van der Waals surface area (Å²) >= 11 is 0. The molecule has 0 atom stereocenters. The van der Waals surface area contributed by atoms with Gasteiger partial charge in [-0.3, -0.25) is 4.98 Å². The maximum absolute atomic E-state index is 11.2. The van der Waals surface area contributed by atoms with E-state index in [0.717, 1.165) is 11.1 Å². The van der Waals surface area contributed by atoms with Crippen LogP contribution in [0.4, 0.5) is 5.69 Å². The van der Waals surface area contributed by atoms with E-state index in [1.54, 1.807) is 0 Å². The highest BCUT2D eigenvalue weighted by molar-refractivity contribution is 5.99. The molecule has 2 aromatic rings. The van der Waals surface area contributed by atoms with Gasteiger partial charge in [0.2, 0.25) is 0 Å². The van der Waals surface area contributed by atoms with Crippen molar-refractivity contribution >= 4 is 11.7 Å². The number of nitrogens with two attached hydrogens (primary N) is 1. The molecule has 0 saturated carbocycles. The van der Waals surface area contributed by atoms with E-state index in [9.17, 15) is 4.79 Å². The van der Waals surface area contributed by atoms with Gasteiger partial charge in [-0.1, -0.05) is 24.3 Å². The lowest BCUT2D eigenvalue weighted by atomic mass is 9.96. The molecule has 0 amide bonds. The van der Waals surface area contributed by atoms with E-state index in [1.165, 1.54) is 12.4 Å². The highest BCUT2D eigenvalue weighted by atomic mass is 16.4. The lowest BCUT2D eigenvalue weighted by Crippen LogP contribution is -2.04. The van der Waals surface area contributed by atoms with Crippen molar-refractivity contribution in [1.82, 2.24) is 4.98 Å². The van der Waals surface area contributed by atoms with Gasteiger partial charge in [0.1, 0.15) is 0 Å². The van der Waals surface area contributed by atoms with E-state index in [0.29, 0.717) is 11.3 Å². The number of pyridine rings is 1. The average Bonchev–Trinajstić information content (AvgIpc) is 2.30. The Labute approximate surface area is 98.7 Å². The van der Waals surface area contributed by atoms with Crippen LogP contribution in [0.15, 0.2) is 36.7 Å². The van der Waals surface area contributed by atoms with E-state index >= 15 is 0 Å². The molecule has 1 heterocycles. The summed E-state index contributed by atoms with van der Waals surface area (Å²) in [6.07, 6.45) is 2.79. The Morgan fingerprint density at radius 2 is 2.00 bits per heavy atom. The van der Waals surface area contributed by atoms with Crippen LogP contribution in [0.3, 0.4) is 0 Å². The molecule has 0 bridgehead atoms. The van der Waals surface area contributed by atoms with E-state index in [4.69, 9.17) is 10.8 Å². The topological polar surface area (TPSA) is 76.2 Å². The SMILES string of the molecule is Cc1ccccc1-c1c(N)cncc1C(=O)O. The van der Waals surface area contributed by atoms with Crippen LogP contribution in [-0.4, -0.2) is 16.1 Å². The monoisotopic (exact) mass is 228 g/mol. The van der Waals surface area contributed by atoms with E-state index < -0.39 is 5.97 Å². The van der Waals surface area contributed by atoms with Crippen molar-refractivity contribution in [1.29, 1.82) is 0 Å². The first-order valence-corrected chi connectivity index (χ1v) is 5.14. The minimum Gasteiger partial charge on any atom is -0.478 e. The summed E-state index contributed by atoms with van der Waals surface area (Å²) in [6.45, 7) is 1.92. The predicted octanol–water partition coefficient (Wildman–Crippen LogP) is 2.34. The molecular weight excluding hydrogens is 216 g/mol. The van der Waals surface area contributed by atoms with Gasteiger partial charge in [0.15, 0.2) is 0 Å². The van der Waals surface area contributed by atoms with E-state index in [1.807, 2.05) is 31.2 Å². The standard InChI is InChI=1S/C13H12N2O2/c1-8-4-2-3-5-9(8)12-10(13(16)17)6-15-7-11(12)14/h2-7H,14H2,1H3,(H,16,17). The summed E-state index contributed by atoms with van der Waals surface area (Å²) in [7, 11) is 0. The number of hydrogen-bond donors (Lipinski definition) is 2. The average molecular weight is 228 g/mol. The Balaban J connectivity index is 2.75. The van der Waals surface area contributed by atoms with Gasteiger partial charge in [-0.25, -0.2) is 4.79 Å².